The molecule has 3 aromatic rings. The van der Waals surface area contributed by atoms with Crippen LogP contribution in [-0.2, 0) is 11.5 Å². The second-order valence-corrected chi connectivity index (χ2v) is 8.19. The number of nitrogens with one attached hydrogen (secondary N) is 2. The minimum absolute atomic E-state index is 0.263. The number of aromatic nitrogens is 2. The summed E-state index contributed by atoms with van der Waals surface area (Å²) in [6.45, 7) is 5.82. The number of carbonyl (C=O) groups excluding carboxylic acids is 1. The van der Waals surface area contributed by atoms with Gasteiger partial charge in [-0.1, -0.05) is 44.5 Å². The fraction of sp³-hybridized carbons (Fsp3) is 0.238. The predicted octanol–water partition coefficient (Wildman–Crippen LogP) is 5.51. The molecule has 158 valence electrons. The second-order valence-electron chi connectivity index (χ2n) is 7.75. The first-order chi connectivity index (χ1) is 13.9. The standard InChI is InChI=1S/C21H21ClF2N4O2/c1-20(2,3)17-12-18(26-19(29)25-15-9-7-14(22)8-10-15)28(27-17)16-6-4-5-13(11-16)21(23,24)30/h4-12,30H,1-3H3,(H2,25,26,29). The van der Waals surface area contributed by atoms with E-state index in [4.69, 9.17) is 16.7 Å². The zero-order chi connectivity index (χ0) is 22.1. The van der Waals surface area contributed by atoms with Gasteiger partial charge in [0.15, 0.2) is 0 Å². The SMILES string of the molecule is CC(C)(C)c1cc(NC(=O)Nc2ccc(Cl)cc2)n(-c2cccc(C(O)(F)F)c2)n1. The fourth-order valence-electron chi connectivity index (χ4n) is 2.67. The van der Waals surface area contributed by atoms with Crippen LogP contribution in [0.2, 0.25) is 5.02 Å². The molecule has 0 aliphatic heterocycles. The lowest BCUT2D eigenvalue weighted by Gasteiger charge is -2.14. The molecule has 0 unspecified atom stereocenters. The zero-order valence-corrected chi connectivity index (χ0v) is 17.3. The van der Waals surface area contributed by atoms with Gasteiger partial charge < -0.3 is 10.4 Å². The van der Waals surface area contributed by atoms with Gasteiger partial charge in [0.25, 0.3) is 0 Å². The van der Waals surface area contributed by atoms with Crippen molar-refractivity contribution in [2.75, 3.05) is 10.6 Å². The van der Waals surface area contributed by atoms with Gasteiger partial charge in [-0.05, 0) is 36.4 Å². The Balaban J connectivity index is 1.95. The summed E-state index contributed by atoms with van der Waals surface area (Å²) in [4.78, 5) is 12.5. The molecule has 0 aliphatic rings. The van der Waals surface area contributed by atoms with Gasteiger partial charge in [0.1, 0.15) is 5.82 Å². The summed E-state index contributed by atoms with van der Waals surface area (Å²) in [5.41, 5.74) is 0.502. The molecule has 2 aromatic carbocycles. The van der Waals surface area contributed by atoms with Crippen molar-refractivity contribution in [2.45, 2.75) is 32.3 Å². The number of nitrogens with zero attached hydrogens (tertiary/aromatic N) is 2. The first-order valence-electron chi connectivity index (χ1n) is 9.09. The van der Waals surface area contributed by atoms with Crippen LogP contribution in [0.1, 0.15) is 32.0 Å². The highest BCUT2D eigenvalue weighted by molar-refractivity contribution is 6.30. The monoisotopic (exact) mass is 434 g/mol. The van der Waals surface area contributed by atoms with E-state index in [2.05, 4.69) is 15.7 Å². The number of urea groups is 1. The van der Waals surface area contributed by atoms with Crippen LogP contribution in [0.25, 0.3) is 5.69 Å². The summed E-state index contributed by atoms with van der Waals surface area (Å²) in [6, 6.07) is 12.9. The summed E-state index contributed by atoms with van der Waals surface area (Å²) in [7, 11) is 0. The molecule has 6 nitrogen and oxygen atoms in total. The van der Waals surface area contributed by atoms with E-state index >= 15 is 0 Å². The molecule has 0 radical (unpaired) electrons. The number of alkyl halides is 2. The first kappa shape index (κ1) is 21.7. The largest absolute Gasteiger partial charge is 0.380 e. The third kappa shape index (κ3) is 5.14. The Labute approximate surface area is 177 Å². The number of rotatable bonds is 4. The van der Waals surface area contributed by atoms with Crippen LogP contribution >= 0.6 is 11.6 Å². The molecule has 9 heteroatoms. The molecule has 1 aromatic heterocycles. The third-order valence-corrected chi connectivity index (χ3v) is 4.51. The van der Waals surface area contributed by atoms with E-state index in [0.29, 0.717) is 16.4 Å². The Morgan fingerprint density at radius 2 is 1.73 bits per heavy atom. The van der Waals surface area contributed by atoms with E-state index in [-0.39, 0.29) is 16.9 Å². The molecule has 1 heterocycles. The van der Waals surface area contributed by atoms with Crippen molar-refractivity contribution in [3.63, 3.8) is 0 Å². The van der Waals surface area contributed by atoms with E-state index in [9.17, 15) is 13.6 Å². The van der Waals surface area contributed by atoms with Gasteiger partial charge in [-0.15, -0.1) is 0 Å². The first-order valence-corrected chi connectivity index (χ1v) is 9.46. The summed E-state index contributed by atoms with van der Waals surface area (Å²) in [5, 5.41) is 19.4. The van der Waals surface area contributed by atoms with Gasteiger partial charge in [0, 0.05) is 22.2 Å². The highest BCUT2D eigenvalue weighted by Crippen LogP contribution is 2.29. The van der Waals surface area contributed by atoms with Gasteiger partial charge in [0.2, 0.25) is 0 Å². The maximum absolute atomic E-state index is 13.4. The minimum Gasteiger partial charge on any atom is -0.332 e. The number of halogens is 3. The van der Waals surface area contributed by atoms with Crippen LogP contribution in [0.3, 0.4) is 0 Å². The Kier molecular flexibility index (Phi) is 5.83. The average Bonchev–Trinajstić information content (AvgIpc) is 3.07. The van der Waals surface area contributed by atoms with E-state index in [1.807, 2.05) is 20.8 Å². The molecule has 3 N–H and O–H groups in total. The molecule has 0 saturated heterocycles. The van der Waals surface area contributed by atoms with Crippen molar-refractivity contribution in [3.8, 4) is 5.69 Å². The number of hydrogen-bond donors (Lipinski definition) is 3. The molecular weight excluding hydrogens is 414 g/mol. The number of hydrogen-bond acceptors (Lipinski definition) is 3. The van der Waals surface area contributed by atoms with Crippen molar-refractivity contribution in [1.29, 1.82) is 0 Å². The zero-order valence-electron chi connectivity index (χ0n) is 16.6. The van der Waals surface area contributed by atoms with E-state index in [1.54, 1.807) is 36.4 Å². The van der Waals surface area contributed by atoms with Crippen molar-refractivity contribution >= 4 is 29.1 Å². The number of aliphatic hydroxyl groups is 1. The number of anilines is 2. The van der Waals surface area contributed by atoms with Crippen molar-refractivity contribution in [3.05, 3.63) is 70.9 Å². The Morgan fingerprint density at radius 3 is 2.33 bits per heavy atom. The number of amides is 2. The quantitative estimate of drug-likeness (QED) is 0.506. The average molecular weight is 435 g/mol. The summed E-state index contributed by atoms with van der Waals surface area (Å²) in [6.07, 6.45) is -3.99. The van der Waals surface area contributed by atoms with Gasteiger partial charge in [-0.25, -0.2) is 9.48 Å². The van der Waals surface area contributed by atoms with Crippen molar-refractivity contribution < 1.29 is 18.7 Å². The highest BCUT2D eigenvalue weighted by Gasteiger charge is 2.28. The van der Waals surface area contributed by atoms with Gasteiger partial charge >= 0.3 is 12.1 Å². The molecule has 0 aliphatic carbocycles. The minimum atomic E-state index is -3.99. The molecule has 3 rings (SSSR count). The summed E-state index contributed by atoms with van der Waals surface area (Å²) < 4.78 is 28.1. The van der Waals surface area contributed by atoms with Gasteiger partial charge in [0.05, 0.1) is 16.9 Å². The summed E-state index contributed by atoms with van der Waals surface area (Å²) >= 11 is 5.85. The third-order valence-electron chi connectivity index (χ3n) is 4.26. The fourth-order valence-corrected chi connectivity index (χ4v) is 2.80. The van der Waals surface area contributed by atoms with Crippen LogP contribution in [0.15, 0.2) is 54.6 Å². The Bertz CT molecular complexity index is 1050. The lowest BCUT2D eigenvalue weighted by Crippen LogP contribution is -2.21. The molecular formula is C21H21ClF2N4O2. The second kappa shape index (κ2) is 8.04. The smallest absolute Gasteiger partial charge is 0.332 e. The van der Waals surface area contributed by atoms with Crippen LogP contribution in [0, 0.1) is 0 Å². The van der Waals surface area contributed by atoms with Gasteiger partial charge in [-0.2, -0.15) is 13.9 Å². The Morgan fingerprint density at radius 1 is 1.07 bits per heavy atom. The van der Waals surface area contributed by atoms with Crippen LogP contribution in [-0.4, -0.2) is 20.9 Å². The van der Waals surface area contributed by atoms with E-state index in [1.165, 1.54) is 10.7 Å². The molecule has 2 amide bonds. The molecule has 30 heavy (non-hydrogen) atoms. The molecule has 0 saturated carbocycles. The molecule has 0 spiro atoms. The van der Waals surface area contributed by atoms with Crippen molar-refractivity contribution in [1.82, 2.24) is 9.78 Å². The normalized spacial score (nSPS) is 12.0. The van der Waals surface area contributed by atoms with Crippen LogP contribution < -0.4 is 10.6 Å². The van der Waals surface area contributed by atoms with Crippen LogP contribution in [0.4, 0.5) is 25.1 Å². The Hall–Kier alpha value is -2.97. The topological polar surface area (TPSA) is 79.2 Å². The van der Waals surface area contributed by atoms with E-state index < -0.39 is 17.7 Å². The van der Waals surface area contributed by atoms with E-state index in [0.717, 1.165) is 12.1 Å². The predicted molar refractivity (Wildman–Crippen MR) is 112 cm³/mol. The molecule has 0 atom stereocenters. The number of carbonyl (C=O) groups is 1. The number of benzene rings is 2. The lowest BCUT2D eigenvalue weighted by atomic mass is 9.92. The lowest BCUT2D eigenvalue weighted by molar-refractivity contribution is -0.208. The van der Waals surface area contributed by atoms with Crippen LogP contribution in [0.5, 0.6) is 0 Å². The highest BCUT2D eigenvalue weighted by atomic mass is 35.5. The molecule has 0 fully saturated rings. The van der Waals surface area contributed by atoms with Gasteiger partial charge in [-0.3, -0.25) is 5.32 Å². The summed E-state index contributed by atoms with van der Waals surface area (Å²) in [5.74, 6) is 0.282. The van der Waals surface area contributed by atoms with Crippen molar-refractivity contribution in [2.24, 2.45) is 0 Å². The maximum Gasteiger partial charge on any atom is 0.380 e. The molecule has 0 bridgehead atoms. The maximum atomic E-state index is 13.4.